The van der Waals surface area contributed by atoms with E-state index in [1.807, 2.05) is 0 Å². The van der Waals surface area contributed by atoms with E-state index < -0.39 is 0 Å². The van der Waals surface area contributed by atoms with Gasteiger partial charge >= 0.3 is 0 Å². The number of rotatable bonds is 5. The van der Waals surface area contributed by atoms with Gasteiger partial charge in [-0.15, -0.1) is 0 Å². The predicted molar refractivity (Wildman–Crippen MR) is 102 cm³/mol. The van der Waals surface area contributed by atoms with Crippen LogP contribution in [-0.2, 0) is 4.79 Å². The molecule has 1 nitrogen and oxygen atoms in total. The number of carbonyl (C=O) groups excluding carboxylic acids is 1. The van der Waals surface area contributed by atoms with E-state index in [1.54, 1.807) is 0 Å². The molecular weight excluding hydrogens is 316 g/mol. The Morgan fingerprint density at radius 3 is 2.50 bits per heavy atom. The Morgan fingerprint density at radius 1 is 1.12 bits per heavy atom. The lowest BCUT2D eigenvalue weighted by atomic mass is 9.46. The monoisotopic (exact) mass is 350 g/mol. The Balaban J connectivity index is 1.91. The van der Waals surface area contributed by atoms with Gasteiger partial charge < -0.3 is 0 Å². The van der Waals surface area contributed by atoms with E-state index >= 15 is 0 Å². The number of fused-ring (bicyclic) bond motifs is 3. The molecule has 3 rings (SSSR count). The highest BCUT2D eigenvalue weighted by atomic mass is 35.5. The van der Waals surface area contributed by atoms with Crippen molar-refractivity contribution < 1.29 is 4.79 Å². The van der Waals surface area contributed by atoms with Gasteiger partial charge in [0.1, 0.15) is 6.29 Å². The topological polar surface area (TPSA) is 17.1 Å². The summed E-state index contributed by atoms with van der Waals surface area (Å²) in [6.07, 6.45) is 12.5. The average Bonchev–Trinajstić information content (AvgIpc) is 2.82. The minimum Gasteiger partial charge on any atom is -0.298 e. The molecule has 3 aliphatic rings. The zero-order valence-corrected chi connectivity index (χ0v) is 16.8. The van der Waals surface area contributed by atoms with Gasteiger partial charge in [0.05, 0.1) is 0 Å². The number of halogens is 1. The fraction of sp³-hybridized carbons (Fsp3) is 0.864. The third-order valence-corrected chi connectivity index (χ3v) is 8.92. The molecule has 0 unspecified atom stereocenters. The highest BCUT2D eigenvalue weighted by Gasteiger charge is 2.58. The molecular formula is C22H35ClO. The maximum absolute atomic E-state index is 11.5. The summed E-state index contributed by atoms with van der Waals surface area (Å²) in [5.41, 5.74) is 1.47. The van der Waals surface area contributed by atoms with Crippen LogP contribution in [0.5, 0.6) is 0 Å². The molecule has 0 aromatic heterocycles. The van der Waals surface area contributed by atoms with Gasteiger partial charge in [0, 0.05) is 16.0 Å². The standard InChI is InChI=1S/C22H35ClO/c1-5-7-16-8-9-17-18(21(16,3)11-6-2)10-12-22(4)19(17)13-15(14-24)20(22)23/h14,16-19H,5-13H2,1-4H3/t16-,17-,18+,19+,21+,22+/m1/s1. The summed E-state index contributed by atoms with van der Waals surface area (Å²) in [5.74, 6) is 3.09. The first-order chi connectivity index (χ1) is 11.4. The number of carbonyl (C=O) groups is 1. The summed E-state index contributed by atoms with van der Waals surface area (Å²) in [6.45, 7) is 9.62. The summed E-state index contributed by atoms with van der Waals surface area (Å²) in [5, 5.41) is 0.897. The van der Waals surface area contributed by atoms with Crippen LogP contribution in [-0.4, -0.2) is 6.29 Å². The number of hydrogen-bond acceptors (Lipinski definition) is 1. The molecule has 2 saturated carbocycles. The Bertz CT molecular complexity index is 524. The molecule has 0 aromatic rings. The Morgan fingerprint density at radius 2 is 1.88 bits per heavy atom. The highest BCUT2D eigenvalue weighted by molar-refractivity contribution is 6.32. The van der Waals surface area contributed by atoms with Crippen molar-refractivity contribution in [2.75, 3.05) is 0 Å². The minimum atomic E-state index is 0.0731. The van der Waals surface area contributed by atoms with Crippen LogP contribution in [0.1, 0.15) is 85.5 Å². The van der Waals surface area contributed by atoms with Gasteiger partial charge in [-0.3, -0.25) is 4.79 Å². The lowest BCUT2D eigenvalue weighted by Crippen LogP contribution is -2.51. The van der Waals surface area contributed by atoms with Crippen LogP contribution in [0.15, 0.2) is 10.6 Å². The van der Waals surface area contributed by atoms with Crippen LogP contribution < -0.4 is 0 Å². The summed E-state index contributed by atoms with van der Waals surface area (Å²) in [4.78, 5) is 11.5. The van der Waals surface area contributed by atoms with Crippen LogP contribution in [0.25, 0.3) is 0 Å². The quantitative estimate of drug-likeness (QED) is 0.501. The molecule has 3 aliphatic carbocycles. The van der Waals surface area contributed by atoms with Crippen LogP contribution in [0.4, 0.5) is 0 Å². The van der Waals surface area contributed by atoms with Gasteiger partial charge in [-0.05, 0) is 67.6 Å². The zero-order valence-electron chi connectivity index (χ0n) is 16.0. The van der Waals surface area contributed by atoms with E-state index in [-0.39, 0.29) is 5.41 Å². The van der Waals surface area contributed by atoms with Crippen molar-refractivity contribution >= 4 is 17.9 Å². The predicted octanol–water partition coefficient (Wildman–Crippen LogP) is 6.75. The molecule has 2 heteroatoms. The zero-order chi connectivity index (χ0) is 17.5. The molecule has 0 spiro atoms. The summed E-state index contributed by atoms with van der Waals surface area (Å²) < 4.78 is 0. The second kappa shape index (κ2) is 6.78. The van der Waals surface area contributed by atoms with Crippen LogP contribution in [0.3, 0.4) is 0 Å². The van der Waals surface area contributed by atoms with Crippen molar-refractivity contribution in [3.8, 4) is 0 Å². The van der Waals surface area contributed by atoms with Gasteiger partial charge in [0.2, 0.25) is 0 Å². The second-order valence-corrected chi connectivity index (χ2v) is 9.69. The van der Waals surface area contributed by atoms with Crippen molar-refractivity contribution in [1.82, 2.24) is 0 Å². The maximum atomic E-state index is 11.5. The molecule has 0 aliphatic heterocycles. The van der Waals surface area contributed by atoms with Gasteiger partial charge in [-0.1, -0.05) is 58.6 Å². The van der Waals surface area contributed by atoms with E-state index in [0.717, 1.165) is 41.1 Å². The first kappa shape index (κ1) is 18.5. The molecule has 0 bridgehead atoms. The fourth-order valence-electron chi connectivity index (χ4n) is 7.05. The molecule has 0 N–H and O–H groups in total. The minimum absolute atomic E-state index is 0.0731. The summed E-state index contributed by atoms with van der Waals surface area (Å²) >= 11 is 6.68. The van der Waals surface area contributed by atoms with E-state index in [0.29, 0.717) is 11.3 Å². The molecule has 0 heterocycles. The second-order valence-electron chi connectivity index (χ2n) is 9.31. The Hall–Kier alpha value is -0.300. The van der Waals surface area contributed by atoms with Crippen molar-refractivity contribution in [3.05, 3.63) is 10.6 Å². The van der Waals surface area contributed by atoms with Crippen molar-refractivity contribution in [3.63, 3.8) is 0 Å². The molecule has 6 atom stereocenters. The van der Waals surface area contributed by atoms with E-state index in [4.69, 9.17) is 11.6 Å². The Kier molecular flexibility index (Phi) is 5.23. The molecule has 24 heavy (non-hydrogen) atoms. The lowest BCUT2D eigenvalue weighted by Gasteiger charge is -2.59. The largest absolute Gasteiger partial charge is 0.298 e. The number of aldehydes is 1. The van der Waals surface area contributed by atoms with Gasteiger partial charge in [0.15, 0.2) is 0 Å². The van der Waals surface area contributed by atoms with Gasteiger partial charge in [-0.25, -0.2) is 0 Å². The maximum Gasteiger partial charge on any atom is 0.147 e. The highest BCUT2D eigenvalue weighted by Crippen LogP contribution is 2.66. The third kappa shape index (κ3) is 2.61. The fourth-order valence-corrected chi connectivity index (χ4v) is 7.40. The normalized spacial score (nSPS) is 45.0. The number of allylic oxidation sites excluding steroid dienone is 2. The smallest absolute Gasteiger partial charge is 0.147 e. The first-order valence-electron chi connectivity index (χ1n) is 10.3. The van der Waals surface area contributed by atoms with Crippen molar-refractivity contribution in [2.45, 2.75) is 85.5 Å². The SMILES string of the molecule is CCC[C@@H]1CC[C@@H]2[C@H](CC[C@]3(C)C(Cl)=C(C=O)C[C@@H]23)[C@@]1(C)CCC. The van der Waals surface area contributed by atoms with Gasteiger partial charge in [0.25, 0.3) is 0 Å². The number of hydrogen-bond donors (Lipinski definition) is 0. The van der Waals surface area contributed by atoms with Crippen molar-refractivity contribution in [1.29, 1.82) is 0 Å². The average molecular weight is 351 g/mol. The third-order valence-electron chi connectivity index (χ3n) is 8.25. The summed E-state index contributed by atoms with van der Waals surface area (Å²) in [6, 6.07) is 0. The molecule has 0 amide bonds. The lowest BCUT2D eigenvalue weighted by molar-refractivity contribution is -0.105. The van der Waals surface area contributed by atoms with Gasteiger partial charge in [-0.2, -0.15) is 0 Å². The van der Waals surface area contributed by atoms with Crippen LogP contribution >= 0.6 is 11.6 Å². The van der Waals surface area contributed by atoms with Crippen LogP contribution in [0.2, 0.25) is 0 Å². The molecule has 136 valence electrons. The van der Waals surface area contributed by atoms with E-state index in [1.165, 1.54) is 51.4 Å². The molecule has 0 aromatic carbocycles. The first-order valence-corrected chi connectivity index (χ1v) is 10.6. The van der Waals surface area contributed by atoms with Crippen LogP contribution in [0, 0.1) is 34.5 Å². The van der Waals surface area contributed by atoms with E-state index in [2.05, 4.69) is 27.7 Å². The molecule has 2 fully saturated rings. The molecule has 0 radical (unpaired) electrons. The summed E-state index contributed by atoms with van der Waals surface area (Å²) in [7, 11) is 0. The Labute approximate surface area is 153 Å². The molecule has 0 saturated heterocycles. The van der Waals surface area contributed by atoms with E-state index in [9.17, 15) is 4.79 Å². The van der Waals surface area contributed by atoms with Crippen molar-refractivity contribution in [2.24, 2.45) is 34.5 Å².